The topological polar surface area (TPSA) is 59.7 Å². The highest BCUT2D eigenvalue weighted by Crippen LogP contribution is 2.12. The Morgan fingerprint density at radius 1 is 1.11 bits per heavy atom. The van der Waals surface area contributed by atoms with E-state index in [2.05, 4.69) is 20.8 Å². The van der Waals surface area contributed by atoms with Gasteiger partial charge in [0.1, 0.15) is 0 Å². The van der Waals surface area contributed by atoms with E-state index in [9.17, 15) is 0 Å². The molecular weight excluding hydrogens is 403 g/mol. The fourth-order valence-corrected chi connectivity index (χ4v) is 2.99. The number of nitrogens with zero attached hydrogens (tertiary/aromatic N) is 4. The molecule has 0 fully saturated rings. The molecule has 3 aromatic rings. The number of thiocarbonyl (C=S) groups is 1. The molecule has 27 heavy (non-hydrogen) atoms. The smallest absolute Gasteiger partial charge is 0.171 e. The SMILES string of the molecule is Cc1nn(CCCNC(=S)Nc2ccn(Cc3ccc(Cl)cc3)n2)cc1Cl. The van der Waals surface area contributed by atoms with Crippen molar-refractivity contribution in [3.05, 3.63) is 64.0 Å². The summed E-state index contributed by atoms with van der Waals surface area (Å²) in [6, 6.07) is 9.60. The lowest BCUT2D eigenvalue weighted by molar-refractivity contribution is 0.570. The van der Waals surface area contributed by atoms with Crippen molar-refractivity contribution in [1.29, 1.82) is 0 Å². The van der Waals surface area contributed by atoms with Crippen LogP contribution in [-0.2, 0) is 13.1 Å². The first kappa shape index (κ1) is 19.7. The largest absolute Gasteiger partial charge is 0.362 e. The third kappa shape index (κ3) is 5.95. The van der Waals surface area contributed by atoms with Crippen molar-refractivity contribution in [1.82, 2.24) is 24.9 Å². The Balaban J connectivity index is 1.40. The van der Waals surface area contributed by atoms with Gasteiger partial charge in [0.15, 0.2) is 10.9 Å². The Morgan fingerprint density at radius 3 is 2.59 bits per heavy atom. The first-order valence-electron chi connectivity index (χ1n) is 8.52. The maximum Gasteiger partial charge on any atom is 0.171 e. The minimum absolute atomic E-state index is 0.543. The third-order valence-corrected chi connectivity index (χ3v) is 4.75. The van der Waals surface area contributed by atoms with Crippen molar-refractivity contribution < 1.29 is 0 Å². The summed E-state index contributed by atoms with van der Waals surface area (Å²) in [5.74, 6) is 0.705. The highest BCUT2D eigenvalue weighted by molar-refractivity contribution is 7.80. The molecule has 0 amide bonds. The fraction of sp³-hybridized carbons (Fsp3) is 0.278. The van der Waals surface area contributed by atoms with Crippen LogP contribution in [0.2, 0.25) is 10.0 Å². The highest BCUT2D eigenvalue weighted by atomic mass is 35.5. The summed E-state index contributed by atoms with van der Waals surface area (Å²) in [6.45, 7) is 4.07. The molecule has 0 radical (unpaired) electrons. The van der Waals surface area contributed by atoms with E-state index in [1.807, 2.05) is 59.0 Å². The lowest BCUT2D eigenvalue weighted by Gasteiger charge is -2.08. The molecular formula is C18H20Cl2N6S. The van der Waals surface area contributed by atoms with Gasteiger partial charge in [-0.15, -0.1) is 0 Å². The van der Waals surface area contributed by atoms with Gasteiger partial charge in [-0.3, -0.25) is 9.36 Å². The van der Waals surface area contributed by atoms with Gasteiger partial charge in [-0.2, -0.15) is 10.2 Å². The first-order chi connectivity index (χ1) is 13.0. The summed E-state index contributed by atoms with van der Waals surface area (Å²) in [4.78, 5) is 0. The number of hydrogen-bond donors (Lipinski definition) is 2. The van der Waals surface area contributed by atoms with Gasteiger partial charge in [0.05, 0.1) is 17.3 Å². The number of nitrogens with one attached hydrogen (secondary N) is 2. The lowest BCUT2D eigenvalue weighted by Crippen LogP contribution is -2.30. The van der Waals surface area contributed by atoms with Crippen LogP contribution in [0.1, 0.15) is 17.7 Å². The Morgan fingerprint density at radius 2 is 1.89 bits per heavy atom. The van der Waals surface area contributed by atoms with Crippen LogP contribution >= 0.6 is 35.4 Å². The molecule has 0 saturated carbocycles. The Bertz CT molecular complexity index is 883. The van der Waals surface area contributed by atoms with Crippen LogP contribution in [0.15, 0.2) is 42.7 Å². The molecule has 0 saturated heterocycles. The standard InChI is InChI=1S/C18H20Cl2N6S/c1-13-16(20)12-25(23-13)9-2-8-21-18(27)22-17-7-10-26(24-17)11-14-3-5-15(19)6-4-14/h3-7,10,12H,2,8-9,11H2,1H3,(H2,21,22,24,27). The molecule has 0 aliphatic carbocycles. The highest BCUT2D eigenvalue weighted by Gasteiger charge is 2.04. The van der Waals surface area contributed by atoms with Crippen LogP contribution < -0.4 is 10.6 Å². The molecule has 1 aromatic carbocycles. The average molecular weight is 423 g/mol. The van der Waals surface area contributed by atoms with Gasteiger partial charge in [0.2, 0.25) is 0 Å². The van der Waals surface area contributed by atoms with Crippen molar-refractivity contribution in [2.45, 2.75) is 26.4 Å². The molecule has 0 aliphatic heterocycles. The Hall–Kier alpha value is -2.09. The normalized spacial score (nSPS) is 10.8. The summed E-state index contributed by atoms with van der Waals surface area (Å²) in [5, 5.41) is 17.0. The quantitative estimate of drug-likeness (QED) is 0.442. The summed E-state index contributed by atoms with van der Waals surface area (Å²) in [5.41, 5.74) is 1.97. The third-order valence-electron chi connectivity index (χ3n) is 3.88. The molecule has 142 valence electrons. The van der Waals surface area contributed by atoms with E-state index in [0.717, 1.165) is 35.8 Å². The van der Waals surface area contributed by atoms with Crippen LogP contribution in [0.3, 0.4) is 0 Å². The van der Waals surface area contributed by atoms with Crippen LogP contribution in [0.5, 0.6) is 0 Å². The number of rotatable bonds is 7. The molecule has 0 bridgehead atoms. The summed E-state index contributed by atoms with van der Waals surface area (Å²) in [7, 11) is 0. The number of halogens is 2. The van der Waals surface area contributed by atoms with E-state index in [1.54, 1.807) is 0 Å². The van der Waals surface area contributed by atoms with E-state index >= 15 is 0 Å². The van der Waals surface area contributed by atoms with Gasteiger partial charge in [-0.05, 0) is 43.3 Å². The second-order valence-electron chi connectivity index (χ2n) is 6.08. The number of benzene rings is 1. The van der Waals surface area contributed by atoms with Gasteiger partial charge in [-0.25, -0.2) is 0 Å². The average Bonchev–Trinajstić information content (AvgIpc) is 3.20. The molecule has 0 unspecified atom stereocenters. The molecule has 0 aliphatic rings. The Kier molecular flexibility index (Phi) is 6.71. The van der Waals surface area contributed by atoms with Crippen molar-refractivity contribution in [2.75, 3.05) is 11.9 Å². The van der Waals surface area contributed by atoms with Gasteiger partial charge >= 0.3 is 0 Å². The van der Waals surface area contributed by atoms with E-state index in [1.165, 1.54) is 0 Å². The van der Waals surface area contributed by atoms with Crippen molar-refractivity contribution in [3.63, 3.8) is 0 Å². The Labute approximate surface area is 173 Å². The molecule has 0 spiro atoms. The fourth-order valence-electron chi connectivity index (χ4n) is 2.50. The maximum atomic E-state index is 6.00. The van der Waals surface area contributed by atoms with E-state index < -0.39 is 0 Å². The maximum absolute atomic E-state index is 6.00. The van der Waals surface area contributed by atoms with E-state index in [4.69, 9.17) is 35.4 Å². The van der Waals surface area contributed by atoms with E-state index in [0.29, 0.717) is 22.5 Å². The van der Waals surface area contributed by atoms with Crippen molar-refractivity contribution in [2.24, 2.45) is 0 Å². The molecule has 2 heterocycles. The van der Waals surface area contributed by atoms with Crippen LogP contribution in [0, 0.1) is 6.92 Å². The summed E-state index contributed by atoms with van der Waals surface area (Å²) >= 11 is 17.2. The second kappa shape index (κ2) is 9.21. The van der Waals surface area contributed by atoms with E-state index in [-0.39, 0.29) is 0 Å². The minimum atomic E-state index is 0.543. The summed E-state index contributed by atoms with van der Waals surface area (Å²) in [6.07, 6.45) is 4.62. The van der Waals surface area contributed by atoms with Crippen LogP contribution in [-0.4, -0.2) is 31.2 Å². The number of aromatic nitrogens is 4. The number of anilines is 1. The number of aryl methyl sites for hydroxylation is 2. The zero-order valence-corrected chi connectivity index (χ0v) is 17.2. The molecule has 3 rings (SSSR count). The van der Waals surface area contributed by atoms with Gasteiger partial charge in [0, 0.05) is 36.6 Å². The predicted octanol–water partition coefficient (Wildman–Crippen LogP) is 4.12. The predicted molar refractivity (Wildman–Crippen MR) is 114 cm³/mol. The van der Waals surface area contributed by atoms with Gasteiger partial charge in [0.25, 0.3) is 0 Å². The molecule has 0 atom stereocenters. The zero-order chi connectivity index (χ0) is 19.2. The molecule has 9 heteroatoms. The minimum Gasteiger partial charge on any atom is -0.362 e. The monoisotopic (exact) mass is 422 g/mol. The van der Waals surface area contributed by atoms with Gasteiger partial charge in [-0.1, -0.05) is 35.3 Å². The number of hydrogen-bond acceptors (Lipinski definition) is 3. The summed E-state index contributed by atoms with van der Waals surface area (Å²) < 4.78 is 3.69. The molecule has 2 aromatic heterocycles. The zero-order valence-electron chi connectivity index (χ0n) is 14.8. The second-order valence-corrected chi connectivity index (χ2v) is 7.34. The molecule has 2 N–H and O–H groups in total. The van der Waals surface area contributed by atoms with Gasteiger partial charge < -0.3 is 10.6 Å². The van der Waals surface area contributed by atoms with Crippen LogP contribution in [0.25, 0.3) is 0 Å². The first-order valence-corrected chi connectivity index (χ1v) is 9.68. The molecule has 6 nitrogen and oxygen atoms in total. The van der Waals surface area contributed by atoms with Crippen molar-refractivity contribution in [3.8, 4) is 0 Å². The lowest BCUT2D eigenvalue weighted by atomic mass is 10.2. The van der Waals surface area contributed by atoms with Crippen molar-refractivity contribution >= 4 is 46.4 Å². The van der Waals surface area contributed by atoms with Crippen LogP contribution in [0.4, 0.5) is 5.82 Å².